The molecule has 0 bridgehead atoms. The number of rotatable bonds is 9. The van der Waals surface area contributed by atoms with E-state index in [0.29, 0.717) is 6.54 Å². The van der Waals surface area contributed by atoms with Crippen LogP contribution in [0.4, 0.5) is 11.6 Å². The molecule has 0 aliphatic carbocycles. The number of hydrogen-bond acceptors (Lipinski definition) is 5. The standard InChI is InChI=1S/C14H25N5O/c1-4-7-12-17-13(16-8-5-2)9-14(18-12)19(6-3)10-11(15)20/h9H,4-8,10H2,1-3H3,(H2,15,20)(H,16,17,18). The summed E-state index contributed by atoms with van der Waals surface area (Å²) in [5, 5.41) is 3.27. The quantitative estimate of drug-likeness (QED) is 0.716. The molecule has 6 heteroatoms. The molecule has 1 heterocycles. The number of hydrogen-bond donors (Lipinski definition) is 2. The highest BCUT2D eigenvalue weighted by Gasteiger charge is 2.12. The molecule has 20 heavy (non-hydrogen) atoms. The number of aryl methyl sites for hydroxylation is 1. The van der Waals surface area contributed by atoms with Gasteiger partial charge in [-0.1, -0.05) is 13.8 Å². The molecule has 0 aliphatic heterocycles. The Morgan fingerprint density at radius 1 is 1.30 bits per heavy atom. The average molecular weight is 279 g/mol. The second-order valence-electron chi connectivity index (χ2n) is 4.68. The maximum absolute atomic E-state index is 11.1. The van der Waals surface area contributed by atoms with E-state index in [4.69, 9.17) is 5.73 Å². The van der Waals surface area contributed by atoms with Crippen LogP contribution in [0, 0.1) is 0 Å². The lowest BCUT2D eigenvalue weighted by atomic mass is 10.3. The van der Waals surface area contributed by atoms with Crippen LogP contribution in [0.25, 0.3) is 0 Å². The first-order valence-electron chi connectivity index (χ1n) is 7.25. The van der Waals surface area contributed by atoms with E-state index in [2.05, 4.69) is 29.1 Å². The summed E-state index contributed by atoms with van der Waals surface area (Å²) in [6.07, 6.45) is 2.84. The van der Waals surface area contributed by atoms with Crippen molar-refractivity contribution in [2.24, 2.45) is 5.73 Å². The highest BCUT2D eigenvalue weighted by atomic mass is 16.1. The molecule has 6 nitrogen and oxygen atoms in total. The van der Waals surface area contributed by atoms with E-state index in [1.807, 2.05) is 17.9 Å². The van der Waals surface area contributed by atoms with Gasteiger partial charge in [-0.15, -0.1) is 0 Å². The van der Waals surface area contributed by atoms with Gasteiger partial charge >= 0.3 is 0 Å². The monoisotopic (exact) mass is 279 g/mol. The number of nitrogens with one attached hydrogen (secondary N) is 1. The smallest absolute Gasteiger partial charge is 0.236 e. The summed E-state index contributed by atoms with van der Waals surface area (Å²) in [4.78, 5) is 22.0. The summed E-state index contributed by atoms with van der Waals surface area (Å²) >= 11 is 0. The summed E-state index contributed by atoms with van der Waals surface area (Å²) in [5.74, 6) is 2.00. The van der Waals surface area contributed by atoms with Crippen molar-refractivity contribution < 1.29 is 4.79 Å². The minimum absolute atomic E-state index is 0.173. The first kappa shape index (κ1) is 16.2. The lowest BCUT2D eigenvalue weighted by Crippen LogP contribution is -2.34. The molecule has 1 aromatic heterocycles. The maximum Gasteiger partial charge on any atom is 0.236 e. The molecule has 0 spiro atoms. The summed E-state index contributed by atoms with van der Waals surface area (Å²) < 4.78 is 0. The molecule has 0 saturated carbocycles. The molecular weight excluding hydrogens is 254 g/mol. The van der Waals surface area contributed by atoms with Crippen LogP contribution in [0.5, 0.6) is 0 Å². The lowest BCUT2D eigenvalue weighted by Gasteiger charge is -2.21. The van der Waals surface area contributed by atoms with Gasteiger partial charge in [0.1, 0.15) is 17.5 Å². The van der Waals surface area contributed by atoms with Crippen molar-refractivity contribution in [2.45, 2.75) is 40.0 Å². The van der Waals surface area contributed by atoms with Crippen molar-refractivity contribution in [3.05, 3.63) is 11.9 Å². The van der Waals surface area contributed by atoms with E-state index in [9.17, 15) is 4.79 Å². The Kier molecular flexibility index (Phi) is 6.76. The van der Waals surface area contributed by atoms with E-state index < -0.39 is 0 Å². The summed E-state index contributed by atoms with van der Waals surface area (Å²) in [7, 11) is 0. The largest absolute Gasteiger partial charge is 0.370 e. The van der Waals surface area contributed by atoms with Crippen molar-refractivity contribution in [1.82, 2.24) is 9.97 Å². The minimum atomic E-state index is -0.356. The van der Waals surface area contributed by atoms with Gasteiger partial charge < -0.3 is 16.0 Å². The highest BCUT2D eigenvalue weighted by Crippen LogP contribution is 2.16. The Morgan fingerprint density at radius 3 is 2.60 bits per heavy atom. The third-order valence-electron chi connectivity index (χ3n) is 2.84. The number of nitrogens with zero attached hydrogens (tertiary/aromatic N) is 3. The fourth-order valence-corrected chi connectivity index (χ4v) is 1.87. The zero-order valence-corrected chi connectivity index (χ0v) is 12.6. The molecule has 0 saturated heterocycles. The number of primary amides is 1. The number of aromatic nitrogens is 2. The van der Waals surface area contributed by atoms with E-state index in [1.165, 1.54) is 0 Å². The van der Waals surface area contributed by atoms with E-state index in [-0.39, 0.29) is 12.5 Å². The average Bonchev–Trinajstić information content (AvgIpc) is 2.42. The molecule has 112 valence electrons. The van der Waals surface area contributed by atoms with Gasteiger partial charge in [0, 0.05) is 25.6 Å². The van der Waals surface area contributed by atoms with Crippen molar-refractivity contribution >= 4 is 17.5 Å². The number of carbonyl (C=O) groups excluding carboxylic acids is 1. The fourth-order valence-electron chi connectivity index (χ4n) is 1.87. The first-order chi connectivity index (χ1) is 9.60. The van der Waals surface area contributed by atoms with Gasteiger partial charge in [-0.3, -0.25) is 4.79 Å². The van der Waals surface area contributed by atoms with E-state index in [0.717, 1.165) is 43.3 Å². The molecule has 0 unspecified atom stereocenters. The van der Waals surface area contributed by atoms with Gasteiger partial charge in [0.2, 0.25) is 5.91 Å². The van der Waals surface area contributed by atoms with Gasteiger partial charge in [-0.25, -0.2) is 9.97 Å². The minimum Gasteiger partial charge on any atom is -0.370 e. The maximum atomic E-state index is 11.1. The van der Waals surface area contributed by atoms with Crippen LogP contribution in [0.15, 0.2) is 6.07 Å². The third-order valence-corrected chi connectivity index (χ3v) is 2.84. The Labute approximate surface area is 120 Å². The molecule has 1 rings (SSSR count). The Bertz CT molecular complexity index is 436. The molecule has 0 aliphatic rings. The Morgan fingerprint density at radius 2 is 2.05 bits per heavy atom. The van der Waals surface area contributed by atoms with Crippen LogP contribution in [-0.4, -0.2) is 35.5 Å². The van der Waals surface area contributed by atoms with E-state index in [1.54, 1.807) is 0 Å². The number of carbonyl (C=O) groups is 1. The molecular formula is C14H25N5O. The summed E-state index contributed by atoms with van der Waals surface area (Å²) in [6, 6.07) is 1.88. The number of nitrogens with two attached hydrogens (primary N) is 1. The molecule has 0 atom stereocenters. The van der Waals surface area contributed by atoms with Crippen LogP contribution in [0.2, 0.25) is 0 Å². The second-order valence-corrected chi connectivity index (χ2v) is 4.68. The highest BCUT2D eigenvalue weighted by molar-refractivity contribution is 5.79. The van der Waals surface area contributed by atoms with E-state index >= 15 is 0 Å². The number of amides is 1. The zero-order valence-electron chi connectivity index (χ0n) is 12.6. The third kappa shape index (κ3) is 5.03. The predicted octanol–water partition coefficient (Wildman–Crippen LogP) is 1.56. The molecule has 0 fully saturated rings. The SMILES string of the molecule is CCCNc1cc(N(CC)CC(N)=O)nc(CCC)n1. The molecule has 0 radical (unpaired) electrons. The summed E-state index contributed by atoms with van der Waals surface area (Å²) in [6.45, 7) is 7.89. The van der Waals surface area contributed by atoms with Crippen LogP contribution in [-0.2, 0) is 11.2 Å². The van der Waals surface area contributed by atoms with Gasteiger partial charge in [0.15, 0.2) is 0 Å². The van der Waals surface area contributed by atoms with Gasteiger partial charge in [-0.2, -0.15) is 0 Å². The predicted molar refractivity (Wildman–Crippen MR) is 81.9 cm³/mol. The van der Waals surface area contributed by atoms with Crippen LogP contribution < -0.4 is 16.0 Å². The van der Waals surface area contributed by atoms with Crippen molar-refractivity contribution in [2.75, 3.05) is 29.9 Å². The number of anilines is 2. The topological polar surface area (TPSA) is 84.1 Å². The normalized spacial score (nSPS) is 10.3. The van der Waals surface area contributed by atoms with Gasteiger partial charge in [0.05, 0.1) is 6.54 Å². The van der Waals surface area contributed by atoms with Crippen LogP contribution in [0.1, 0.15) is 39.4 Å². The van der Waals surface area contributed by atoms with Gasteiger partial charge in [-0.05, 0) is 19.8 Å². The summed E-state index contributed by atoms with van der Waals surface area (Å²) in [5.41, 5.74) is 5.28. The van der Waals surface area contributed by atoms with Crippen molar-refractivity contribution in [3.8, 4) is 0 Å². The number of likely N-dealkylation sites (N-methyl/N-ethyl adjacent to an activating group) is 1. The van der Waals surface area contributed by atoms with Crippen molar-refractivity contribution in [1.29, 1.82) is 0 Å². The Balaban J connectivity index is 3.01. The van der Waals surface area contributed by atoms with Crippen molar-refractivity contribution in [3.63, 3.8) is 0 Å². The van der Waals surface area contributed by atoms with Gasteiger partial charge in [0.25, 0.3) is 0 Å². The molecule has 0 aromatic carbocycles. The second kappa shape index (κ2) is 8.35. The molecule has 1 aromatic rings. The van der Waals surface area contributed by atoms with Crippen LogP contribution in [0.3, 0.4) is 0 Å². The molecule has 3 N–H and O–H groups in total. The fraction of sp³-hybridized carbons (Fsp3) is 0.643. The van der Waals surface area contributed by atoms with Crippen LogP contribution >= 0.6 is 0 Å². The Hall–Kier alpha value is -1.85. The zero-order chi connectivity index (χ0) is 15.0. The first-order valence-corrected chi connectivity index (χ1v) is 7.25. The lowest BCUT2D eigenvalue weighted by molar-refractivity contribution is -0.116. The molecule has 1 amide bonds.